The minimum atomic E-state index is -0.586. The fourth-order valence-corrected chi connectivity index (χ4v) is 4.50. The lowest BCUT2D eigenvalue weighted by atomic mass is 9.96. The highest BCUT2D eigenvalue weighted by atomic mass is 16.3. The highest BCUT2D eigenvalue weighted by Crippen LogP contribution is 2.20. The Morgan fingerprint density at radius 3 is 2.79 bits per heavy atom. The maximum absolute atomic E-state index is 12.2. The van der Waals surface area contributed by atoms with E-state index >= 15 is 0 Å². The van der Waals surface area contributed by atoms with Crippen LogP contribution in [-0.2, 0) is 17.6 Å². The van der Waals surface area contributed by atoms with Crippen molar-refractivity contribution < 1.29 is 14.7 Å². The van der Waals surface area contributed by atoms with Crippen LogP contribution >= 0.6 is 0 Å². The molecule has 1 aliphatic heterocycles. The Hall–Kier alpha value is -2.77. The molecule has 0 bridgehead atoms. The molecule has 0 spiro atoms. The van der Waals surface area contributed by atoms with E-state index in [2.05, 4.69) is 40.0 Å². The Balaban J connectivity index is 1.29. The third kappa shape index (κ3) is 8.59. The molecule has 5 N–H and O–H groups in total. The Bertz CT molecular complexity index is 807. The molecule has 2 heterocycles. The molecule has 1 atom stereocenters. The second kappa shape index (κ2) is 13.1. The number of rotatable bonds is 11. The monoisotopic (exact) mass is 457 g/mol. The van der Waals surface area contributed by atoms with E-state index in [-0.39, 0.29) is 23.7 Å². The van der Waals surface area contributed by atoms with Crippen molar-refractivity contribution in [3.63, 3.8) is 0 Å². The van der Waals surface area contributed by atoms with Crippen molar-refractivity contribution in [2.24, 2.45) is 0 Å². The molecule has 0 radical (unpaired) electrons. The summed E-state index contributed by atoms with van der Waals surface area (Å²) in [5.41, 5.74) is 2.35. The number of nitrogens with one attached hydrogen (secondary N) is 4. The lowest BCUT2D eigenvalue weighted by Gasteiger charge is -2.25. The number of aliphatic hydroxyl groups is 1. The average Bonchev–Trinajstić information content (AvgIpc) is 2.81. The van der Waals surface area contributed by atoms with Gasteiger partial charge in [-0.05, 0) is 63.0 Å². The van der Waals surface area contributed by atoms with E-state index in [1.165, 1.54) is 12.0 Å². The minimum absolute atomic E-state index is 0.0241. The Labute approximate surface area is 197 Å². The summed E-state index contributed by atoms with van der Waals surface area (Å²) in [6.45, 7) is 4.91. The molecular formula is C25H39N5O3. The summed E-state index contributed by atoms with van der Waals surface area (Å²) >= 11 is 0. The van der Waals surface area contributed by atoms with Crippen molar-refractivity contribution in [3.05, 3.63) is 35.7 Å². The fourth-order valence-electron chi connectivity index (χ4n) is 4.50. The number of hydrogen-bond donors (Lipinski definition) is 5. The van der Waals surface area contributed by atoms with E-state index in [0.29, 0.717) is 19.4 Å². The first-order valence-electron chi connectivity index (χ1n) is 12.5. The molecule has 1 unspecified atom stereocenters. The summed E-state index contributed by atoms with van der Waals surface area (Å²) < 4.78 is 0. The number of aromatic nitrogens is 1. The average molecular weight is 458 g/mol. The molecule has 8 nitrogen and oxygen atoms in total. The van der Waals surface area contributed by atoms with Crippen molar-refractivity contribution in [1.29, 1.82) is 0 Å². The fraction of sp³-hybridized carbons (Fsp3) is 0.640. The topological polar surface area (TPSA) is 115 Å². The molecule has 33 heavy (non-hydrogen) atoms. The third-order valence-electron chi connectivity index (χ3n) is 6.44. The van der Waals surface area contributed by atoms with Gasteiger partial charge in [-0.15, -0.1) is 0 Å². The van der Waals surface area contributed by atoms with Gasteiger partial charge in [0.25, 0.3) is 0 Å². The van der Waals surface area contributed by atoms with Gasteiger partial charge < -0.3 is 26.4 Å². The van der Waals surface area contributed by atoms with Gasteiger partial charge in [0.1, 0.15) is 11.6 Å². The Morgan fingerprint density at radius 1 is 1.18 bits per heavy atom. The zero-order chi connectivity index (χ0) is 23.5. The number of pyridine rings is 1. The Morgan fingerprint density at radius 2 is 2.00 bits per heavy atom. The van der Waals surface area contributed by atoms with Gasteiger partial charge in [-0.3, -0.25) is 4.79 Å². The molecule has 182 valence electrons. The van der Waals surface area contributed by atoms with Crippen LogP contribution in [-0.4, -0.2) is 47.2 Å². The third-order valence-corrected chi connectivity index (χ3v) is 6.44. The van der Waals surface area contributed by atoms with Gasteiger partial charge in [-0.25, -0.2) is 9.78 Å². The number of aryl methyl sites for hydroxylation is 2. The maximum atomic E-state index is 12.2. The van der Waals surface area contributed by atoms with Crippen molar-refractivity contribution in [2.75, 3.05) is 18.4 Å². The highest BCUT2D eigenvalue weighted by Gasteiger charge is 2.19. The van der Waals surface area contributed by atoms with Crippen LogP contribution in [0.25, 0.3) is 0 Å². The van der Waals surface area contributed by atoms with E-state index in [1.54, 1.807) is 0 Å². The standard InChI is InChI=1S/C25H39N5O3/c1-18(31)22(30-25(33)29-20-9-3-2-4-10-20)15-17-26-23(32)12-6-5-11-21-14-13-19-8-7-16-27-24(19)28-21/h13-14,20,22,31H,1-12,15-17H2,(H,26,32)(H,27,28)(H2,29,30,33). The number of anilines is 1. The van der Waals surface area contributed by atoms with Crippen molar-refractivity contribution >= 4 is 17.8 Å². The van der Waals surface area contributed by atoms with Gasteiger partial charge in [0.05, 0.1) is 6.04 Å². The van der Waals surface area contributed by atoms with Gasteiger partial charge in [0, 0.05) is 31.2 Å². The number of amides is 3. The second-order valence-corrected chi connectivity index (χ2v) is 9.18. The summed E-state index contributed by atoms with van der Waals surface area (Å²) in [7, 11) is 0. The van der Waals surface area contributed by atoms with Crippen LogP contribution in [0.1, 0.15) is 75.5 Å². The minimum Gasteiger partial charge on any atom is -0.511 e. The lowest BCUT2D eigenvalue weighted by molar-refractivity contribution is -0.121. The molecular weight excluding hydrogens is 418 g/mol. The quantitative estimate of drug-likeness (QED) is 0.257. The van der Waals surface area contributed by atoms with Gasteiger partial charge in [-0.1, -0.05) is 31.9 Å². The number of carbonyl (C=O) groups is 2. The van der Waals surface area contributed by atoms with Gasteiger partial charge in [-0.2, -0.15) is 0 Å². The molecule has 8 heteroatoms. The first kappa shape index (κ1) is 24.9. The van der Waals surface area contributed by atoms with E-state index in [9.17, 15) is 14.7 Å². The summed E-state index contributed by atoms with van der Waals surface area (Å²) in [6, 6.07) is 3.56. The summed E-state index contributed by atoms with van der Waals surface area (Å²) in [5, 5.41) is 21.8. The van der Waals surface area contributed by atoms with Crippen LogP contribution in [0, 0.1) is 0 Å². The van der Waals surface area contributed by atoms with E-state index in [1.807, 2.05) is 0 Å². The van der Waals surface area contributed by atoms with Crippen LogP contribution in [0.2, 0.25) is 0 Å². The van der Waals surface area contributed by atoms with E-state index < -0.39 is 6.04 Å². The van der Waals surface area contributed by atoms with Crippen LogP contribution in [0.4, 0.5) is 10.6 Å². The van der Waals surface area contributed by atoms with E-state index in [0.717, 1.165) is 75.8 Å². The number of urea groups is 1. The van der Waals surface area contributed by atoms with Crippen LogP contribution in [0.5, 0.6) is 0 Å². The van der Waals surface area contributed by atoms with Gasteiger partial charge >= 0.3 is 6.03 Å². The van der Waals surface area contributed by atoms with Crippen LogP contribution in [0.3, 0.4) is 0 Å². The number of carbonyl (C=O) groups excluding carboxylic acids is 2. The lowest BCUT2D eigenvalue weighted by Crippen LogP contribution is -2.48. The predicted molar refractivity (Wildman–Crippen MR) is 130 cm³/mol. The number of fused-ring (bicyclic) bond motifs is 1. The predicted octanol–water partition coefficient (Wildman–Crippen LogP) is 3.73. The zero-order valence-corrected chi connectivity index (χ0v) is 19.6. The van der Waals surface area contributed by atoms with Gasteiger partial charge in [0.15, 0.2) is 0 Å². The number of unbranched alkanes of at least 4 members (excludes halogenated alkanes) is 1. The first-order valence-corrected chi connectivity index (χ1v) is 12.5. The number of nitrogens with zero attached hydrogens (tertiary/aromatic N) is 1. The molecule has 3 rings (SSSR count). The zero-order valence-electron chi connectivity index (χ0n) is 19.6. The maximum Gasteiger partial charge on any atom is 0.315 e. The molecule has 1 aliphatic carbocycles. The summed E-state index contributed by atoms with van der Waals surface area (Å²) in [5.74, 6) is 0.886. The molecule has 0 saturated heterocycles. The highest BCUT2D eigenvalue weighted by molar-refractivity contribution is 5.76. The van der Waals surface area contributed by atoms with Crippen molar-refractivity contribution in [3.8, 4) is 0 Å². The van der Waals surface area contributed by atoms with Crippen LogP contribution in [0.15, 0.2) is 24.5 Å². The van der Waals surface area contributed by atoms with Gasteiger partial charge in [0.2, 0.25) is 5.91 Å². The summed E-state index contributed by atoms with van der Waals surface area (Å²) in [6.07, 6.45) is 11.1. The van der Waals surface area contributed by atoms with Crippen molar-refractivity contribution in [1.82, 2.24) is 20.9 Å². The molecule has 0 aromatic carbocycles. The Kier molecular flexibility index (Phi) is 9.84. The normalized spacial score (nSPS) is 16.7. The molecule has 3 amide bonds. The molecule has 1 saturated carbocycles. The largest absolute Gasteiger partial charge is 0.511 e. The van der Waals surface area contributed by atoms with E-state index in [4.69, 9.17) is 4.98 Å². The number of aliphatic hydroxyl groups excluding tert-OH is 1. The molecule has 1 fully saturated rings. The molecule has 1 aromatic heterocycles. The smallest absolute Gasteiger partial charge is 0.315 e. The molecule has 2 aliphatic rings. The SMILES string of the molecule is C=C(O)C(CCNC(=O)CCCCc1ccc2c(n1)NCCC2)NC(=O)NC1CCCCC1. The summed E-state index contributed by atoms with van der Waals surface area (Å²) in [4.78, 5) is 29.1. The van der Waals surface area contributed by atoms with Crippen molar-refractivity contribution in [2.45, 2.75) is 89.1 Å². The van der Waals surface area contributed by atoms with Crippen LogP contribution < -0.4 is 21.3 Å². The first-order chi connectivity index (χ1) is 16.0. The second-order valence-electron chi connectivity index (χ2n) is 9.18. The molecule has 1 aromatic rings. The number of hydrogen-bond acceptors (Lipinski definition) is 5.